The van der Waals surface area contributed by atoms with Crippen molar-refractivity contribution in [3.63, 3.8) is 0 Å². The Morgan fingerprint density at radius 3 is 2.58 bits per heavy atom. The summed E-state index contributed by atoms with van der Waals surface area (Å²) in [5.41, 5.74) is -0.217. The Kier molecular flexibility index (Phi) is 6.76. The molecule has 0 unspecified atom stereocenters. The molecule has 7 nitrogen and oxygen atoms in total. The minimum absolute atomic E-state index is 0. The number of benzene rings is 1. The first-order valence-electron chi connectivity index (χ1n) is 7.05. The first-order chi connectivity index (χ1) is 10.8. The number of nitrogens with zero attached hydrogens (tertiary/aromatic N) is 1. The van der Waals surface area contributed by atoms with Crippen LogP contribution in [-0.2, 0) is 11.3 Å². The molecular formula is C16H18LiNO6. The summed E-state index contributed by atoms with van der Waals surface area (Å²) in [5, 5.41) is 12.7. The van der Waals surface area contributed by atoms with E-state index in [0.717, 1.165) is 0 Å². The van der Waals surface area contributed by atoms with Gasteiger partial charge in [0.2, 0.25) is 5.63 Å². The van der Waals surface area contributed by atoms with Gasteiger partial charge in [0.05, 0.1) is 19.2 Å². The van der Waals surface area contributed by atoms with Crippen LogP contribution < -0.4 is 34.3 Å². The minimum Gasteiger partial charge on any atom is -0.549 e. The Morgan fingerprint density at radius 2 is 2.00 bits per heavy atom. The molecule has 2 rings (SSSR count). The number of carbonyl (C=O) groups excluding carboxylic acids is 1. The van der Waals surface area contributed by atoms with E-state index in [0.29, 0.717) is 16.7 Å². The summed E-state index contributed by atoms with van der Waals surface area (Å²) in [7, 11) is 3.03. The standard InChI is InChI=1S/C16H19NO6.Li/c1-9(2)22-16(20)17(3)8-11-6-12(21-4)5-10-7-13(18)23-15(19)14(10)11;/h5-7,9,19H,8H2,1-4H3;/q;+1/p-1. The molecule has 0 atom stereocenters. The molecule has 0 aliphatic heterocycles. The molecule has 0 fully saturated rings. The number of hydrogen-bond donors (Lipinski definition) is 0. The summed E-state index contributed by atoms with van der Waals surface area (Å²) in [6.07, 6.45) is -0.763. The van der Waals surface area contributed by atoms with Gasteiger partial charge in [-0.25, -0.2) is 4.79 Å². The van der Waals surface area contributed by atoms with E-state index in [1.54, 1.807) is 33.0 Å². The van der Waals surface area contributed by atoms with Crippen LogP contribution in [0.1, 0.15) is 19.4 Å². The van der Waals surface area contributed by atoms with Gasteiger partial charge < -0.3 is 23.9 Å². The van der Waals surface area contributed by atoms with Crippen molar-refractivity contribution >= 4 is 16.9 Å². The van der Waals surface area contributed by atoms with Crippen molar-refractivity contribution in [3.05, 3.63) is 34.2 Å². The molecule has 0 saturated heterocycles. The maximum Gasteiger partial charge on any atom is 1.00 e. The molecule has 1 heterocycles. The fraction of sp³-hybridized carbons (Fsp3) is 0.375. The second-order valence-corrected chi connectivity index (χ2v) is 5.39. The van der Waals surface area contributed by atoms with Crippen molar-refractivity contribution in [3.8, 4) is 11.7 Å². The summed E-state index contributed by atoms with van der Waals surface area (Å²) in [5.74, 6) is -0.265. The van der Waals surface area contributed by atoms with Gasteiger partial charge in [0.25, 0.3) is 0 Å². The van der Waals surface area contributed by atoms with Gasteiger partial charge >= 0.3 is 25.0 Å². The predicted octanol–water partition coefficient (Wildman–Crippen LogP) is -1.14. The number of rotatable bonds is 4. The molecule has 124 valence electrons. The Balaban J connectivity index is 0.00000288. The van der Waals surface area contributed by atoms with Crippen molar-refractivity contribution in [2.24, 2.45) is 0 Å². The van der Waals surface area contributed by atoms with Gasteiger partial charge in [-0.1, -0.05) is 0 Å². The molecule has 0 saturated carbocycles. The Bertz CT molecular complexity index is 786. The average Bonchev–Trinajstić information content (AvgIpc) is 2.45. The fourth-order valence-corrected chi connectivity index (χ4v) is 2.21. The van der Waals surface area contributed by atoms with E-state index in [2.05, 4.69) is 4.42 Å². The predicted molar refractivity (Wildman–Crippen MR) is 81.6 cm³/mol. The van der Waals surface area contributed by atoms with Crippen molar-refractivity contribution < 1.29 is 42.7 Å². The molecule has 0 aliphatic carbocycles. The first-order valence-corrected chi connectivity index (χ1v) is 7.05. The molecule has 2 aromatic rings. The monoisotopic (exact) mass is 327 g/mol. The third-order valence-corrected chi connectivity index (χ3v) is 3.19. The van der Waals surface area contributed by atoms with Gasteiger partial charge in [0, 0.05) is 25.0 Å². The van der Waals surface area contributed by atoms with Crippen molar-refractivity contribution in [2.75, 3.05) is 14.2 Å². The van der Waals surface area contributed by atoms with Gasteiger partial charge in [-0.05, 0) is 36.9 Å². The zero-order valence-corrected chi connectivity index (χ0v) is 14.4. The Morgan fingerprint density at radius 1 is 1.33 bits per heavy atom. The van der Waals surface area contributed by atoms with Gasteiger partial charge in [-0.15, -0.1) is 0 Å². The Hall–Kier alpha value is -2.10. The third-order valence-electron chi connectivity index (χ3n) is 3.19. The van der Waals surface area contributed by atoms with Crippen LogP contribution in [0.3, 0.4) is 0 Å². The molecule has 0 aliphatic rings. The molecule has 24 heavy (non-hydrogen) atoms. The average molecular weight is 327 g/mol. The summed E-state index contributed by atoms with van der Waals surface area (Å²) in [4.78, 5) is 24.6. The topological polar surface area (TPSA) is 92.0 Å². The second kappa shape index (κ2) is 8.13. The molecule has 1 aromatic heterocycles. The van der Waals surface area contributed by atoms with Crippen molar-refractivity contribution in [1.29, 1.82) is 0 Å². The van der Waals surface area contributed by atoms with E-state index in [4.69, 9.17) is 9.47 Å². The van der Waals surface area contributed by atoms with Crippen LogP contribution in [0.25, 0.3) is 10.8 Å². The van der Waals surface area contributed by atoms with Crippen LogP contribution in [0.2, 0.25) is 0 Å². The maximum atomic E-state index is 12.0. The number of fused-ring (bicyclic) bond motifs is 1. The largest absolute Gasteiger partial charge is 1.00 e. The number of ether oxygens (including phenoxy) is 2. The van der Waals surface area contributed by atoms with E-state index < -0.39 is 17.7 Å². The van der Waals surface area contributed by atoms with Crippen molar-refractivity contribution in [2.45, 2.75) is 26.5 Å². The first kappa shape index (κ1) is 19.9. The summed E-state index contributed by atoms with van der Waals surface area (Å²) >= 11 is 0. The molecular weight excluding hydrogens is 309 g/mol. The molecule has 0 radical (unpaired) electrons. The molecule has 8 heteroatoms. The zero-order valence-electron chi connectivity index (χ0n) is 14.4. The second-order valence-electron chi connectivity index (χ2n) is 5.39. The van der Waals surface area contributed by atoms with E-state index in [1.807, 2.05) is 0 Å². The van der Waals surface area contributed by atoms with Crippen LogP contribution in [-0.4, -0.2) is 31.3 Å². The van der Waals surface area contributed by atoms with Crippen molar-refractivity contribution in [1.82, 2.24) is 4.90 Å². The third kappa shape index (κ3) is 4.46. The number of hydrogen-bond acceptors (Lipinski definition) is 6. The molecule has 0 N–H and O–H groups in total. The van der Waals surface area contributed by atoms with Gasteiger partial charge in [0.1, 0.15) is 5.75 Å². The van der Waals surface area contributed by atoms with Gasteiger partial charge in [-0.3, -0.25) is 4.79 Å². The van der Waals surface area contributed by atoms with Crippen LogP contribution >= 0.6 is 0 Å². The zero-order chi connectivity index (χ0) is 17.1. The normalized spacial score (nSPS) is 10.4. The molecule has 1 aromatic carbocycles. The number of amides is 1. The van der Waals surface area contributed by atoms with E-state index >= 15 is 0 Å². The van der Waals surface area contributed by atoms with Crippen LogP contribution in [0.15, 0.2) is 27.4 Å². The molecule has 0 bridgehead atoms. The minimum atomic E-state index is -0.740. The van der Waals surface area contributed by atoms with E-state index in [1.165, 1.54) is 18.1 Å². The van der Waals surface area contributed by atoms with E-state index in [-0.39, 0.29) is 36.9 Å². The summed E-state index contributed by atoms with van der Waals surface area (Å²) < 4.78 is 14.9. The van der Waals surface area contributed by atoms with Crippen LogP contribution in [0.4, 0.5) is 4.79 Å². The molecule has 1 amide bonds. The van der Waals surface area contributed by atoms with Gasteiger partial charge in [0.15, 0.2) is 0 Å². The molecule has 0 spiro atoms. The number of carbonyl (C=O) groups is 1. The number of methoxy groups -OCH3 is 1. The fourth-order valence-electron chi connectivity index (χ4n) is 2.21. The SMILES string of the molecule is COc1cc(CN(C)C(=O)OC(C)C)c2c([O-])oc(=O)cc2c1.[Li+]. The summed E-state index contributed by atoms with van der Waals surface area (Å²) in [6, 6.07) is 4.42. The maximum absolute atomic E-state index is 12.0. The quantitative estimate of drug-likeness (QED) is 0.659. The Labute approximate surface area is 151 Å². The smallest absolute Gasteiger partial charge is 0.549 e. The van der Waals surface area contributed by atoms with E-state index in [9.17, 15) is 14.7 Å². The van der Waals surface area contributed by atoms with Gasteiger partial charge in [-0.2, -0.15) is 0 Å². The van der Waals surface area contributed by atoms with Crippen LogP contribution in [0.5, 0.6) is 11.7 Å². The summed E-state index contributed by atoms with van der Waals surface area (Å²) in [6.45, 7) is 3.61. The van der Waals surface area contributed by atoms with Crippen LogP contribution in [0, 0.1) is 0 Å².